The molecule has 0 saturated carbocycles. The van der Waals surface area contributed by atoms with Crippen molar-refractivity contribution in [1.29, 1.82) is 0 Å². The van der Waals surface area contributed by atoms with Crippen molar-refractivity contribution in [2.45, 2.75) is 32.2 Å². The number of nitro groups is 1. The van der Waals surface area contributed by atoms with E-state index in [1.165, 1.54) is 12.1 Å². The number of piperidine rings is 1. The molecule has 0 radical (unpaired) electrons. The summed E-state index contributed by atoms with van der Waals surface area (Å²) < 4.78 is 13.4. The van der Waals surface area contributed by atoms with Crippen LogP contribution >= 0.6 is 0 Å². The highest BCUT2D eigenvalue weighted by atomic mass is 19.1. The Morgan fingerprint density at radius 1 is 1.40 bits per heavy atom. The van der Waals surface area contributed by atoms with Gasteiger partial charge in [0, 0.05) is 30.9 Å². The summed E-state index contributed by atoms with van der Waals surface area (Å²) in [5, 5.41) is 13.9. The maximum Gasteiger partial charge on any atom is 0.274 e. The van der Waals surface area contributed by atoms with E-state index >= 15 is 0 Å². The summed E-state index contributed by atoms with van der Waals surface area (Å²) >= 11 is 0. The standard InChI is InChI=1S/C14H20FN3O2/c1-2-5-17-6-3-12(4-7-17)16-13-8-11(15)9-14(10-13)18(19)20/h8-10,12,16H,2-7H2,1H3. The monoisotopic (exact) mass is 281 g/mol. The number of benzene rings is 1. The average Bonchev–Trinajstić information content (AvgIpc) is 2.40. The van der Waals surface area contributed by atoms with E-state index in [4.69, 9.17) is 0 Å². The number of likely N-dealkylation sites (tertiary alicyclic amines) is 1. The van der Waals surface area contributed by atoms with Crippen molar-refractivity contribution in [3.05, 3.63) is 34.1 Å². The van der Waals surface area contributed by atoms with Gasteiger partial charge in [-0.05, 0) is 31.9 Å². The van der Waals surface area contributed by atoms with Gasteiger partial charge in [-0.15, -0.1) is 0 Å². The van der Waals surface area contributed by atoms with E-state index in [0.29, 0.717) is 5.69 Å². The van der Waals surface area contributed by atoms with Gasteiger partial charge in [-0.3, -0.25) is 10.1 Å². The number of rotatable bonds is 5. The maximum absolute atomic E-state index is 13.4. The predicted octanol–water partition coefficient (Wildman–Crippen LogP) is 3.02. The van der Waals surface area contributed by atoms with Gasteiger partial charge in [0.25, 0.3) is 5.69 Å². The van der Waals surface area contributed by atoms with Crippen LogP contribution < -0.4 is 5.32 Å². The predicted molar refractivity (Wildman–Crippen MR) is 76.4 cm³/mol. The lowest BCUT2D eigenvalue weighted by molar-refractivity contribution is -0.385. The number of non-ortho nitro benzene ring substituents is 1. The molecule has 0 spiro atoms. The zero-order valence-corrected chi connectivity index (χ0v) is 11.6. The minimum absolute atomic E-state index is 0.212. The van der Waals surface area contributed by atoms with Crippen molar-refractivity contribution >= 4 is 11.4 Å². The second-order valence-corrected chi connectivity index (χ2v) is 5.22. The third-order valence-electron chi connectivity index (χ3n) is 3.59. The van der Waals surface area contributed by atoms with E-state index in [-0.39, 0.29) is 11.7 Å². The maximum atomic E-state index is 13.4. The van der Waals surface area contributed by atoms with Gasteiger partial charge in [0.15, 0.2) is 0 Å². The quantitative estimate of drug-likeness (QED) is 0.665. The molecule has 6 heteroatoms. The molecule has 0 aliphatic carbocycles. The number of nitro benzene ring substituents is 1. The Morgan fingerprint density at radius 2 is 2.10 bits per heavy atom. The Balaban J connectivity index is 1.96. The van der Waals surface area contributed by atoms with E-state index in [9.17, 15) is 14.5 Å². The fourth-order valence-electron chi connectivity index (χ4n) is 2.62. The van der Waals surface area contributed by atoms with Crippen molar-refractivity contribution in [2.75, 3.05) is 25.0 Å². The molecular weight excluding hydrogens is 261 g/mol. The first kappa shape index (κ1) is 14.7. The SMILES string of the molecule is CCCN1CCC(Nc2cc(F)cc([N+](=O)[O-])c2)CC1. The molecule has 1 N–H and O–H groups in total. The van der Waals surface area contributed by atoms with Crippen LogP contribution in [0.25, 0.3) is 0 Å². The molecule has 2 rings (SSSR count). The fraction of sp³-hybridized carbons (Fsp3) is 0.571. The molecule has 0 atom stereocenters. The van der Waals surface area contributed by atoms with E-state index in [1.54, 1.807) is 0 Å². The zero-order chi connectivity index (χ0) is 14.5. The average molecular weight is 281 g/mol. The van der Waals surface area contributed by atoms with E-state index < -0.39 is 10.7 Å². The van der Waals surface area contributed by atoms with Gasteiger partial charge in [0.1, 0.15) is 5.82 Å². The second-order valence-electron chi connectivity index (χ2n) is 5.22. The third kappa shape index (κ3) is 3.90. The summed E-state index contributed by atoms with van der Waals surface area (Å²) in [6, 6.07) is 3.89. The lowest BCUT2D eigenvalue weighted by Gasteiger charge is -2.32. The Kier molecular flexibility index (Phi) is 4.89. The van der Waals surface area contributed by atoms with Crippen LogP contribution in [-0.4, -0.2) is 35.5 Å². The fourth-order valence-corrected chi connectivity index (χ4v) is 2.62. The second kappa shape index (κ2) is 6.65. The number of hydrogen-bond acceptors (Lipinski definition) is 4. The molecule has 1 aliphatic rings. The molecule has 0 amide bonds. The summed E-state index contributed by atoms with van der Waals surface area (Å²) in [6.07, 6.45) is 3.10. The summed E-state index contributed by atoms with van der Waals surface area (Å²) in [5.74, 6) is -0.579. The molecule has 1 aromatic carbocycles. The number of anilines is 1. The molecular formula is C14H20FN3O2. The van der Waals surface area contributed by atoms with Crippen molar-refractivity contribution in [3.63, 3.8) is 0 Å². The Bertz CT molecular complexity index is 473. The molecule has 1 aromatic rings. The summed E-state index contributed by atoms with van der Waals surface area (Å²) in [7, 11) is 0. The number of hydrogen-bond donors (Lipinski definition) is 1. The first-order valence-corrected chi connectivity index (χ1v) is 7.02. The molecule has 5 nitrogen and oxygen atoms in total. The summed E-state index contributed by atoms with van der Waals surface area (Å²) in [5.41, 5.74) is 0.279. The molecule has 0 unspecified atom stereocenters. The van der Waals surface area contributed by atoms with Crippen LogP contribution in [0.1, 0.15) is 26.2 Å². The first-order valence-electron chi connectivity index (χ1n) is 7.02. The van der Waals surface area contributed by atoms with Gasteiger partial charge in [-0.2, -0.15) is 0 Å². The van der Waals surface area contributed by atoms with Crippen molar-refractivity contribution in [1.82, 2.24) is 4.90 Å². The van der Waals surface area contributed by atoms with Gasteiger partial charge in [0.05, 0.1) is 11.0 Å². The number of halogens is 1. The number of nitrogens with zero attached hydrogens (tertiary/aromatic N) is 2. The molecule has 110 valence electrons. The van der Waals surface area contributed by atoms with Crippen LogP contribution in [-0.2, 0) is 0 Å². The van der Waals surface area contributed by atoms with Gasteiger partial charge in [0.2, 0.25) is 0 Å². The number of nitrogens with one attached hydrogen (secondary N) is 1. The van der Waals surface area contributed by atoms with Crippen LogP contribution in [0.5, 0.6) is 0 Å². The summed E-state index contributed by atoms with van der Waals surface area (Å²) in [6.45, 7) is 5.31. The van der Waals surface area contributed by atoms with Gasteiger partial charge >= 0.3 is 0 Å². The van der Waals surface area contributed by atoms with Crippen LogP contribution in [0.15, 0.2) is 18.2 Å². The van der Waals surface area contributed by atoms with Crippen LogP contribution in [0, 0.1) is 15.9 Å². The van der Waals surface area contributed by atoms with Crippen molar-refractivity contribution in [3.8, 4) is 0 Å². The Morgan fingerprint density at radius 3 is 2.70 bits per heavy atom. The van der Waals surface area contributed by atoms with Crippen LogP contribution in [0.4, 0.5) is 15.8 Å². The molecule has 1 saturated heterocycles. The Hall–Kier alpha value is -1.69. The highest BCUT2D eigenvalue weighted by molar-refractivity contribution is 5.52. The highest BCUT2D eigenvalue weighted by Crippen LogP contribution is 2.23. The summed E-state index contributed by atoms with van der Waals surface area (Å²) in [4.78, 5) is 12.6. The topological polar surface area (TPSA) is 58.4 Å². The van der Waals surface area contributed by atoms with Crippen molar-refractivity contribution < 1.29 is 9.31 Å². The normalized spacial score (nSPS) is 17.1. The van der Waals surface area contributed by atoms with Gasteiger partial charge in [-0.1, -0.05) is 6.92 Å². The molecule has 20 heavy (non-hydrogen) atoms. The minimum Gasteiger partial charge on any atom is -0.382 e. The zero-order valence-electron chi connectivity index (χ0n) is 11.6. The molecule has 0 aromatic heterocycles. The van der Waals surface area contributed by atoms with Crippen molar-refractivity contribution in [2.24, 2.45) is 0 Å². The Labute approximate surface area is 117 Å². The van der Waals surface area contributed by atoms with Crippen LogP contribution in [0.3, 0.4) is 0 Å². The van der Waals surface area contributed by atoms with E-state index in [0.717, 1.165) is 45.0 Å². The molecule has 0 bridgehead atoms. The largest absolute Gasteiger partial charge is 0.382 e. The van der Waals surface area contributed by atoms with Gasteiger partial charge in [-0.25, -0.2) is 4.39 Å². The first-order chi connectivity index (χ1) is 9.58. The molecule has 1 fully saturated rings. The lowest BCUT2D eigenvalue weighted by atomic mass is 10.0. The van der Waals surface area contributed by atoms with Gasteiger partial charge < -0.3 is 10.2 Å². The van der Waals surface area contributed by atoms with E-state index in [2.05, 4.69) is 17.1 Å². The van der Waals surface area contributed by atoms with Crippen LogP contribution in [0.2, 0.25) is 0 Å². The lowest BCUT2D eigenvalue weighted by Crippen LogP contribution is -2.39. The smallest absolute Gasteiger partial charge is 0.274 e. The molecule has 1 heterocycles. The highest BCUT2D eigenvalue weighted by Gasteiger charge is 2.19. The third-order valence-corrected chi connectivity index (χ3v) is 3.59. The van der Waals surface area contributed by atoms with E-state index in [1.807, 2.05) is 0 Å². The minimum atomic E-state index is -0.579. The molecule has 1 aliphatic heterocycles.